The maximum atomic E-state index is 11.9. The summed E-state index contributed by atoms with van der Waals surface area (Å²) in [5.41, 5.74) is 7.48. The third kappa shape index (κ3) is 7.04. The Morgan fingerprint density at radius 1 is 1.15 bits per heavy atom. The number of nitrogens with one attached hydrogen (secondary N) is 1. The largest absolute Gasteiger partial charge is 0.493 e. The zero-order chi connectivity index (χ0) is 23.0. The van der Waals surface area contributed by atoms with E-state index < -0.39 is 0 Å². The molecule has 0 spiro atoms. The van der Waals surface area contributed by atoms with Crippen LogP contribution in [0.4, 0.5) is 4.79 Å². The van der Waals surface area contributed by atoms with Crippen molar-refractivity contribution in [1.29, 1.82) is 0 Å². The minimum Gasteiger partial charge on any atom is -0.493 e. The predicted octanol–water partition coefficient (Wildman–Crippen LogP) is 4.05. The van der Waals surface area contributed by atoms with Crippen molar-refractivity contribution in [1.82, 2.24) is 10.2 Å². The fourth-order valence-electron chi connectivity index (χ4n) is 4.85. The number of likely N-dealkylation sites (tertiary alicyclic amines) is 1. The van der Waals surface area contributed by atoms with Gasteiger partial charge in [-0.25, -0.2) is 4.79 Å². The molecule has 1 saturated carbocycles. The Labute approximate surface area is 214 Å². The first kappa shape index (κ1) is 27.3. The van der Waals surface area contributed by atoms with Crippen LogP contribution in [0.2, 0.25) is 0 Å². The van der Waals surface area contributed by atoms with E-state index in [1.54, 1.807) is 19.1 Å². The Morgan fingerprint density at radius 2 is 1.82 bits per heavy atom. The summed E-state index contributed by atoms with van der Waals surface area (Å²) < 4.78 is 16.0. The highest BCUT2D eigenvalue weighted by atomic mass is 127. The molecule has 0 radical (unpaired) electrons. The molecule has 0 aromatic heterocycles. The Balaban J connectivity index is 0.00000385. The topological polar surface area (TPSA) is 98.4 Å². The van der Waals surface area contributed by atoms with E-state index >= 15 is 0 Å². The predicted molar refractivity (Wildman–Crippen MR) is 141 cm³/mol. The summed E-state index contributed by atoms with van der Waals surface area (Å²) in [6.07, 6.45) is 7.21. The molecule has 1 aromatic carbocycles. The summed E-state index contributed by atoms with van der Waals surface area (Å²) in [5.74, 6) is 1.96. The van der Waals surface area contributed by atoms with Crippen LogP contribution in [0, 0.1) is 0 Å². The third-order valence-corrected chi connectivity index (χ3v) is 6.73. The number of ether oxygens (including phenoxy) is 3. The fraction of sp³-hybridized carbons (Fsp3) is 0.667. The summed E-state index contributed by atoms with van der Waals surface area (Å²) in [7, 11) is 3.32. The van der Waals surface area contributed by atoms with Gasteiger partial charge in [-0.05, 0) is 50.3 Å². The van der Waals surface area contributed by atoms with E-state index in [-0.39, 0.29) is 41.5 Å². The number of aliphatic imine (C=N–C) groups is 1. The second-order valence-electron chi connectivity index (χ2n) is 8.72. The van der Waals surface area contributed by atoms with Crippen molar-refractivity contribution in [3.05, 3.63) is 23.8 Å². The van der Waals surface area contributed by atoms with E-state index in [0.717, 1.165) is 37.2 Å². The van der Waals surface area contributed by atoms with E-state index in [0.29, 0.717) is 32.2 Å². The molecule has 1 amide bonds. The van der Waals surface area contributed by atoms with Gasteiger partial charge in [-0.15, -0.1) is 24.0 Å². The molecule has 2 fully saturated rings. The highest BCUT2D eigenvalue weighted by molar-refractivity contribution is 14.0. The van der Waals surface area contributed by atoms with E-state index in [2.05, 4.69) is 17.4 Å². The molecule has 3 rings (SSSR count). The van der Waals surface area contributed by atoms with Crippen molar-refractivity contribution >= 4 is 36.0 Å². The van der Waals surface area contributed by atoms with Crippen LogP contribution < -0.4 is 20.5 Å². The molecule has 0 atom stereocenters. The average Bonchev–Trinajstić information content (AvgIpc) is 2.83. The van der Waals surface area contributed by atoms with Crippen LogP contribution in [0.25, 0.3) is 0 Å². The van der Waals surface area contributed by atoms with Crippen LogP contribution >= 0.6 is 24.0 Å². The van der Waals surface area contributed by atoms with Gasteiger partial charge in [0.1, 0.15) is 0 Å². The first-order valence-corrected chi connectivity index (χ1v) is 11.7. The van der Waals surface area contributed by atoms with Gasteiger partial charge >= 0.3 is 6.09 Å². The number of piperidine rings is 1. The number of carbonyl (C=O) groups is 1. The number of hydrogen-bond acceptors (Lipinski definition) is 5. The first-order valence-electron chi connectivity index (χ1n) is 11.7. The van der Waals surface area contributed by atoms with Gasteiger partial charge in [0.05, 0.1) is 27.4 Å². The zero-order valence-electron chi connectivity index (χ0n) is 20.1. The van der Waals surface area contributed by atoms with Crippen molar-refractivity contribution in [2.75, 3.05) is 40.5 Å². The number of methoxy groups -OCH3 is 2. The van der Waals surface area contributed by atoms with E-state index in [1.807, 2.05) is 13.0 Å². The molecule has 1 saturated heterocycles. The molecule has 33 heavy (non-hydrogen) atoms. The van der Waals surface area contributed by atoms with Crippen molar-refractivity contribution < 1.29 is 19.0 Å². The number of carbonyl (C=O) groups excluding carboxylic acids is 1. The second kappa shape index (κ2) is 13.1. The molecular formula is C24H39IN4O4. The third-order valence-electron chi connectivity index (χ3n) is 6.73. The Hall–Kier alpha value is -1.91. The standard InChI is InChI=1S/C24H38N4O4.HI/c1-4-32-23(29)28-14-10-19(11-15-28)27-22(25)26-17-24(12-6-5-7-13-24)18-8-9-20(30-2)21(16-18)31-3;/h8-9,16,19H,4-7,10-15,17H2,1-3H3,(H3,25,26,27);1H. The van der Waals surface area contributed by atoms with Gasteiger partial charge in [-0.2, -0.15) is 0 Å². The number of nitrogens with two attached hydrogens (primary N) is 1. The minimum absolute atomic E-state index is 0. The van der Waals surface area contributed by atoms with Gasteiger partial charge in [0.15, 0.2) is 17.5 Å². The Morgan fingerprint density at radius 3 is 2.42 bits per heavy atom. The van der Waals surface area contributed by atoms with Gasteiger partial charge in [-0.1, -0.05) is 25.3 Å². The number of guanidine groups is 1. The molecule has 0 unspecified atom stereocenters. The molecule has 1 heterocycles. The van der Waals surface area contributed by atoms with E-state index in [1.165, 1.54) is 24.8 Å². The normalized spacial score (nSPS) is 18.8. The lowest BCUT2D eigenvalue weighted by molar-refractivity contribution is 0.0963. The molecule has 186 valence electrons. The van der Waals surface area contributed by atoms with Crippen molar-refractivity contribution in [2.24, 2.45) is 10.7 Å². The van der Waals surface area contributed by atoms with Crippen molar-refractivity contribution in [3.63, 3.8) is 0 Å². The molecule has 0 bridgehead atoms. The first-order chi connectivity index (χ1) is 15.5. The van der Waals surface area contributed by atoms with Crippen LogP contribution in [0.1, 0.15) is 57.4 Å². The Kier molecular flexibility index (Phi) is 10.9. The summed E-state index contributed by atoms with van der Waals surface area (Å²) in [6, 6.07) is 6.42. The maximum absolute atomic E-state index is 11.9. The summed E-state index contributed by atoms with van der Waals surface area (Å²) in [5, 5.41) is 3.36. The highest BCUT2D eigenvalue weighted by Gasteiger charge is 2.34. The number of halogens is 1. The smallest absolute Gasteiger partial charge is 0.409 e. The molecule has 1 aliphatic carbocycles. The maximum Gasteiger partial charge on any atom is 0.409 e. The number of rotatable bonds is 7. The summed E-state index contributed by atoms with van der Waals surface area (Å²) >= 11 is 0. The van der Waals surface area contributed by atoms with Crippen molar-refractivity contribution in [3.8, 4) is 11.5 Å². The van der Waals surface area contributed by atoms with Crippen LogP contribution in [-0.2, 0) is 10.2 Å². The Bertz CT molecular complexity index is 791. The molecule has 1 aromatic rings. The monoisotopic (exact) mass is 574 g/mol. The van der Waals surface area contributed by atoms with Crippen LogP contribution in [-0.4, -0.2) is 63.5 Å². The van der Waals surface area contributed by atoms with Gasteiger partial charge in [-0.3, -0.25) is 4.99 Å². The molecule has 2 aliphatic rings. The van der Waals surface area contributed by atoms with Crippen LogP contribution in [0.3, 0.4) is 0 Å². The van der Waals surface area contributed by atoms with E-state index in [9.17, 15) is 4.79 Å². The van der Waals surface area contributed by atoms with Gasteiger partial charge in [0.25, 0.3) is 0 Å². The summed E-state index contributed by atoms with van der Waals surface area (Å²) in [6.45, 7) is 4.20. The summed E-state index contributed by atoms with van der Waals surface area (Å²) in [4.78, 5) is 18.4. The zero-order valence-corrected chi connectivity index (χ0v) is 22.4. The van der Waals surface area contributed by atoms with Gasteiger partial charge in [0.2, 0.25) is 0 Å². The number of benzene rings is 1. The van der Waals surface area contributed by atoms with Crippen molar-refractivity contribution in [2.45, 2.75) is 63.3 Å². The molecule has 1 aliphatic heterocycles. The second-order valence-corrected chi connectivity index (χ2v) is 8.72. The molecule has 3 N–H and O–H groups in total. The SMILES string of the molecule is CCOC(=O)N1CCC(NC(N)=NCC2(c3ccc(OC)c(OC)c3)CCCCC2)CC1.I. The minimum atomic E-state index is -0.234. The molecule has 8 nitrogen and oxygen atoms in total. The number of hydrogen-bond donors (Lipinski definition) is 2. The lowest BCUT2D eigenvalue weighted by Crippen LogP contribution is -2.49. The van der Waals surface area contributed by atoms with Crippen LogP contribution in [0.5, 0.6) is 11.5 Å². The lowest BCUT2D eigenvalue weighted by atomic mass is 9.69. The van der Waals surface area contributed by atoms with Gasteiger partial charge < -0.3 is 30.2 Å². The molecular weight excluding hydrogens is 535 g/mol. The van der Waals surface area contributed by atoms with Gasteiger partial charge in [0, 0.05) is 24.5 Å². The average molecular weight is 575 g/mol. The molecule has 9 heteroatoms. The lowest BCUT2D eigenvalue weighted by Gasteiger charge is -2.37. The fourth-order valence-corrected chi connectivity index (χ4v) is 4.85. The highest BCUT2D eigenvalue weighted by Crippen LogP contribution is 2.42. The van der Waals surface area contributed by atoms with E-state index in [4.69, 9.17) is 24.9 Å². The quantitative estimate of drug-likeness (QED) is 0.290. The number of nitrogens with zero attached hydrogens (tertiary/aromatic N) is 2. The number of amides is 1. The van der Waals surface area contributed by atoms with Crippen LogP contribution in [0.15, 0.2) is 23.2 Å².